The van der Waals surface area contributed by atoms with Crippen LogP contribution >= 0.6 is 0 Å². The van der Waals surface area contributed by atoms with Crippen molar-refractivity contribution in [1.29, 1.82) is 0 Å². The van der Waals surface area contributed by atoms with E-state index in [-0.39, 0.29) is 24.9 Å². The Labute approximate surface area is 235 Å². The molecule has 8 heteroatoms. The zero-order valence-corrected chi connectivity index (χ0v) is 23.4. The van der Waals surface area contributed by atoms with E-state index in [9.17, 15) is 9.59 Å². The molecule has 0 unspecified atom stereocenters. The SMILES string of the molecule is CCOc1ccc(CN(CCc2c[nH]c3ccccc23)C(=O)CN(CCOC)C(=O)c2ccccc2OC)cc1. The summed E-state index contributed by atoms with van der Waals surface area (Å²) in [6.07, 6.45) is 2.67. The van der Waals surface area contributed by atoms with Crippen LogP contribution in [0.5, 0.6) is 11.5 Å². The summed E-state index contributed by atoms with van der Waals surface area (Å²) in [5.74, 6) is 0.831. The van der Waals surface area contributed by atoms with Crippen LogP contribution in [-0.2, 0) is 22.5 Å². The zero-order valence-electron chi connectivity index (χ0n) is 23.4. The minimum absolute atomic E-state index is 0.0782. The number of para-hydroxylation sites is 2. The summed E-state index contributed by atoms with van der Waals surface area (Å²) < 4.78 is 16.2. The molecular weight excluding hydrogens is 506 g/mol. The zero-order chi connectivity index (χ0) is 28.3. The van der Waals surface area contributed by atoms with Gasteiger partial charge in [-0.15, -0.1) is 0 Å². The standard InChI is InChI=1S/C32H37N3O5/c1-4-40-26-15-13-24(14-16-26)22-34(18-17-25-21-33-29-11-7-5-9-27(25)29)31(36)23-35(19-20-38-2)32(37)28-10-6-8-12-30(28)39-3/h5-16,21,33H,4,17-20,22-23H2,1-3H3. The summed E-state index contributed by atoms with van der Waals surface area (Å²) in [5.41, 5.74) is 3.59. The van der Waals surface area contributed by atoms with E-state index >= 15 is 0 Å². The van der Waals surface area contributed by atoms with E-state index in [0.717, 1.165) is 27.8 Å². The first-order chi connectivity index (χ1) is 19.5. The molecule has 2 amide bonds. The van der Waals surface area contributed by atoms with E-state index in [2.05, 4.69) is 11.1 Å². The number of methoxy groups -OCH3 is 2. The Hall–Kier alpha value is -4.30. The van der Waals surface area contributed by atoms with Gasteiger partial charge in [-0.1, -0.05) is 42.5 Å². The summed E-state index contributed by atoms with van der Waals surface area (Å²) in [6, 6.07) is 22.9. The molecule has 1 aromatic heterocycles. The van der Waals surface area contributed by atoms with E-state index < -0.39 is 0 Å². The van der Waals surface area contributed by atoms with Gasteiger partial charge in [-0.2, -0.15) is 0 Å². The molecule has 0 spiro atoms. The second-order valence-electron chi connectivity index (χ2n) is 9.42. The van der Waals surface area contributed by atoms with Crippen molar-refractivity contribution in [1.82, 2.24) is 14.8 Å². The van der Waals surface area contributed by atoms with Gasteiger partial charge < -0.3 is 29.0 Å². The number of nitrogens with one attached hydrogen (secondary N) is 1. The Morgan fingerprint density at radius 1 is 0.875 bits per heavy atom. The maximum absolute atomic E-state index is 13.8. The molecule has 3 aromatic carbocycles. The molecule has 1 N–H and O–H groups in total. The van der Waals surface area contributed by atoms with Crippen molar-refractivity contribution in [3.05, 3.63) is 95.7 Å². The Bertz CT molecular complexity index is 1400. The first kappa shape index (κ1) is 28.7. The molecule has 4 rings (SSSR count). The van der Waals surface area contributed by atoms with Gasteiger partial charge in [0.1, 0.15) is 18.0 Å². The average molecular weight is 544 g/mol. The second kappa shape index (κ2) is 14.2. The molecule has 0 atom stereocenters. The number of rotatable bonds is 14. The number of hydrogen-bond acceptors (Lipinski definition) is 5. The van der Waals surface area contributed by atoms with Crippen LogP contribution in [-0.4, -0.2) is 73.7 Å². The fourth-order valence-electron chi connectivity index (χ4n) is 4.67. The minimum atomic E-state index is -0.277. The van der Waals surface area contributed by atoms with Gasteiger partial charge in [-0.3, -0.25) is 9.59 Å². The average Bonchev–Trinajstić information content (AvgIpc) is 3.41. The van der Waals surface area contributed by atoms with Crippen LogP contribution in [0.25, 0.3) is 10.9 Å². The van der Waals surface area contributed by atoms with Gasteiger partial charge in [0.15, 0.2) is 0 Å². The van der Waals surface area contributed by atoms with Crippen LogP contribution in [0.3, 0.4) is 0 Å². The molecule has 8 nitrogen and oxygen atoms in total. The molecule has 4 aromatic rings. The summed E-state index contributed by atoms with van der Waals surface area (Å²) in [7, 11) is 3.10. The largest absolute Gasteiger partial charge is 0.496 e. The fraction of sp³-hybridized carbons (Fsp3) is 0.312. The Balaban J connectivity index is 1.56. The second-order valence-corrected chi connectivity index (χ2v) is 9.42. The lowest BCUT2D eigenvalue weighted by Gasteiger charge is -2.28. The van der Waals surface area contributed by atoms with Crippen LogP contribution < -0.4 is 9.47 Å². The van der Waals surface area contributed by atoms with Crippen molar-refractivity contribution < 1.29 is 23.8 Å². The Morgan fingerprint density at radius 3 is 2.38 bits per heavy atom. The summed E-state index contributed by atoms with van der Waals surface area (Å²) >= 11 is 0. The normalized spacial score (nSPS) is 10.9. The van der Waals surface area contributed by atoms with Crippen molar-refractivity contribution >= 4 is 22.7 Å². The highest BCUT2D eigenvalue weighted by Gasteiger charge is 2.24. The number of H-pyrrole nitrogens is 1. The van der Waals surface area contributed by atoms with E-state index in [1.165, 1.54) is 12.0 Å². The van der Waals surface area contributed by atoms with Crippen LogP contribution in [0.2, 0.25) is 0 Å². The fourth-order valence-corrected chi connectivity index (χ4v) is 4.67. The van der Waals surface area contributed by atoms with Crippen molar-refractivity contribution in [3.63, 3.8) is 0 Å². The summed E-state index contributed by atoms with van der Waals surface area (Å²) in [4.78, 5) is 34.0. The maximum Gasteiger partial charge on any atom is 0.258 e. The number of benzene rings is 3. The number of aromatic nitrogens is 1. The molecule has 0 radical (unpaired) electrons. The Kier molecular flexibility index (Phi) is 10.2. The smallest absolute Gasteiger partial charge is 0.258 e. The summed E-state index contributed by atoms with van der Waals surface area (Å²) in [6.45, 7) is 3.95. The number of hydrogen-bond donors (Lipinski definition) is 1. The number of fused-ring (bicyclic) bond motifs is 1. The van der Waals surface area contributed by atoms with Gasteiger partial charge in [0.2, 0.25) is 5.91 Å². The molecule has 0 saturated heterocycles. The van der Waals surface area contributed by atoms with Crippen LogP contribution in [0.1, 0.15) is 28.4 Å². The van der Waals surface area contributed by atoms with Crippen molar-refractivity contribution in [3.8, 4) is 11.5 Å². The van der Waals surface area contributed by atoms with Gasteiger partial charge in [-0.25, -0.2) is 0 Å². The number of aromatic amines is 1. The molecule has 1 heterocycles. The molecule has 210 valence electrons. The number of carbonyl (C=O) groups excluding carboxylic acids is 2. The minimum Gasteiger partial charge on any atom is -0.496 e. The molecule has 0 fully saturated rings. The summed E-state index contributed by atoms with van der Waals surface area (Å²) in [5, 5.41) is 1.14. The molecule has 0 saturated carbocycles. The van der Waals surface area contributed by atoms with Gasteiger partial charge in [0, 0.05) is 43.8 Å². The van der Waals surface area contributed by atoms with Crippen molar-refractivity contribution in [2.45, 2.75) is 19.9 Å². The van der Waals surface area contributed by atoms with Crippen molar-refractivity contribution in [2.75, 3.05) is 47.1 Å². The molecule has 0 aliphatic rings. The lowest BCUT2D eigenvalue weighted by molar-refractivity contribution is -0.132. The van der Waals surface area contributed by atoms with Crippen LogP contribution in [0.15, 0.2) is 79.0 Å². The van der Waals surface area contributed by atoms with Crippen LogP contribution in [0, 0.1) is 0 Å². The number of amides is 2. The first-order valence-corrected chi connectivity index (χ1v) is 13.5. The van der Waals surface area contributed by atoms with Crippen LogP contribution in [0.4, 0.5) is 0 Å². The van der Waals surface area contributed by atoms with Gasteiger partial charge in [-0.05, 0) is 54.8 Å². The molecule has 40 heavy (non-hydrogen) atoms. The third kappa shape index (κ3) is 7.21. The predicted octanol–water partition coefficient (Wildman–Crippen LogP) is 4.94. The predicted molar refractivity (Wildman–Crippen MR) is 156 cm³/mol. The van der Waals surface area contributed by atoms with E-state index in [4.69, 9.17) is 14.2 Å². The van der Waals surface area contributed by atoms with Crippen molar-refractivity contribution in [2.24, 2.45) is 0 Å². The maximum atomic E-state index is 13.8. The highest BCUT2D eigenvalue weighted by atomic mass is 16.5. The van der Waals surface area contributed by atoms with Gasteiger partial charge in [0.05, 0.1) is 25.9 Å². The van der Waals surface area contributed by atoms with Gasteiger partial charge in [0.25, 0.3) is 5.91 Å². The third-order valence-electron chi connectivity index (χ3n) is 6.80. The topological polar surface area (TPSA) is 84.1 Å². The van der Waals surface area contributed by atoms with E-state index in [1.54, 1.807) is 25.3 Å². The quantitative estimate of drug-likeness (QED) is 0.244. The monoisotopic (exact) mass is 543 g/mol. The highest BCUT2D eigenvalue weighted by molar-refractivity contribution is 5.98. The molecule has 0 aliphatic carbocycles. The molecule has 0 aliphatic heterocycles. The molecule has 0 bridgehead atoms. The van der Waals surface area contributed by atoms with E-state index in [1.807, 2.05) is 66.6 Å². The van der Waals surface area contributed by atoms with Gasteiger partial charge >= 0.3 is 0 Å². The molecular formula is C32H37N3O5. The number of carbonyl (C=O) groups is 2. The Morgan fingerprint density at radius 2 is 1.62 bits per heavy atom. The first-order valence-electron chi connectivity index (χ1n) is 13.5. The number of ether oxygens (including phenoxy) is 3. The lowest BCUT2D eigenvalue weighted by Crippen LogP contribution is -2.44. The lowest BCUT2D eigenvalue weighted by atomic mass is 10.1. The van der Waals surface area contributed by atoms with E-state index in [0.29, 0.717) is 44.0 Å². The highest BCUT2D eigenvalue weighted by Crippen LogP contribution is 2.21. The number of nitrogens with zero attached hydrogens (tertiary/aromatic N) is 2. The third-order valence-corrected chi connectivity index (χ3v) is 6.80.